The number of fused-ring (bicyclic) bond motifs is 1. The fourth-order valence-electron chi connectivity index (χ4n) is 1.58. The Morgan fingerprint density at radius 2 is 2.06 bits per heavy atom. The molecule has 2 aromatic rings. The Morgan fingerprint density at radius 1 is 1.33 bits per heavy atom. The number of nitrogens with one attached hydrogen (secondary N) is 1. The van der Waals surface area contributed by atoms with Gasteiger partial charge >= 0.3 is 12.3 Å². The van der Waals surface area contributed by atoms with Crippen LogP contribution in [0.5, 0.6) is 5.75 Å². The van der Waals surface area contributed by atoms with E-state index >= 15 is 0 Å². The first kappa shape index (κ1) is 12.3. The minimum Gasteiger partial charge on any atom is -0.496 e. The van der Waals surface area contributed by atoms with Gasteiger partial charge in [0.1, 0.15) is 11.4 Å². The van der Waals surface area contributed by atoms with E-state index in [1.165, 1.54) is 13.2 Å². The molecule has 4 nitrogen and oxygen atoms in total. The highest BCUT2D eigenvalue weighted by Gasteiger charge is 2.35. The van der Waals surface area contributed by atoms with Crippen molar-refractivity contribution in [2.24, 2.45) is 0 Å². The summed E-state index contributed by atoms with van der Waals surface area (Å²) in [5.74, 6) is -1.03. The van der Waals surface area contributed by atoms with E-state index in [-0.39, 0.29) is 5.69 Å². The van der Waals surface area contributed by atoms with Crippen molar-refractivity contribution in [3.63, 3.8) is 0 Å². The van der Waals surface area contributed by atoms with Gasteiger partial charge in [-0.3, -0.25) is 0 Å². The molecule has 7 heteroatoms. The number of esters is 1. The molecule has 18 heavy (non-hydrogen) atoms. The lowest BCUT2D eigenvalue weighted by Gasteiger charge is -2.04. The Kier molecular flexibility index (Phi) is 2.90. The van der Waals surface area contributed by atoms with Gasteiger partial charge < -0.3 is 14.5 Å². The van der Waals surface area contributed by atoms with Crippen molar-refractivity contribution in [3.05, 3.63) is 30.0 Å². The topological polar surface area (TPSA) is 51.3 Å². The average Bonchev–Trinajstić information content (AvgIpc) is 2.70. The summed E-state index contributed by atoms with van der Waals surface area (Å²) in [5, 5.41) is 0.508. The van der Waals surface area contributed by atoms with E-state index in [0.29, 0.717) is 16.7 Å². The summed E-state index contributed by atoms with van der Waals surface area (Å²) in [6.45, 7) is 0. The van der Waals surface area contributed by atoms with Gasteiger partial charge in [0.2, 0.25) is 0 Å². The second-order valence-corrected chi connectivity index (χ2v) is 3.44. The van der Waals surface area contributed by atoms with Crippen molar-refractivity contribution in [2.75, 3.05) is 7.11 Å². The zero-order valence-electron chi connectivity index (χ0n) is 9.17. The number of H-pyrrole nitrogens is 1. The van der Waals surface area contributed by atoms with Crippen molar-refractivity contribution in [3.8, 4) is 5.75 Å². The second-order valence-electron chi connectivity index (χ2n) is 3.44. The maximum absolute atomic E-state index is 11.9. The number of ether oxygens (including phenoxy) is 2. The van der Waals surface area contributed by atoms with Crippen LogP contribution < -0.4 is 4.74 Å². The Hall–Kier alpha value is -2.18. The second kappa shape index (κ2) is 4.25. The molecule has 2 rings (SSSR count). The molecule has 0 fully saturated rings. The van der Waals surface area contributed by atoms with Gasteiger partial charge in [-0.1, -0.05) is 6.07 Å². The highest BCUT2D eigenvalue weighted by atomic mass is 19.4. The molecular formula is C11H8F3NO3. The zero-order valence-corrected chi connectivity index (χ0v) is 9.17. The van der Waals surface area contributed by atoms with Gasteiger partial charge in [0.15, 0.2) is 0 Å². The summed E-state index contributed by atoms with van der Waals surface area (Å²) in [6.07, 6.45) is -5.00. The third kappa shape index (κ3) is 2.39. The number of carbonyl (C=O) groups excluding carboxylic acids is 1. The molecule has 0 amide bonds. The van der Waals surface area contributed by atoms with Crippen LogP contribution >= 0.6 is 0 Å². The molecule has 0 spiro atoms. The van der Waals surface area contributed by atoms with Crippen LogP contribution in [0.25, 0.3) is 10.9 Å². The monoisotopic (exact) mass is 259 g/mol. The highest BCUT2D eigenvalue weighted by Crippen LogP contribution is 2.27. The van der Waals surface area contributed by atoms with Gasteiger partial charge in [-0.2, -0.15) is 0 Å². The van der Waals surface area contributed by atoms with E-state index < -0.39 is 12.3 Å². The van der Waals surface area contributed by atoms with Crippen LogP contribution in [-0.2, 0) is 4.74 Å². The van der Waals surface area contributed by atoms with Crippen molar-refractivity contribution in [2.45, 2.75) is 6.36 Å². The molecule has 0 aliphatic heterocycles. The summed E-state index contributed by atoms with van der Waals surface area (Å²) in [7, 11) is 1.43. The van der Waals surface area contributed by atoms with Gasteiger partial charge in [-0.15, -0.1) is 13.2 Å². The molecule has 0 aliphatic rings. The Bertz CT molecular complexity index is 589. The number of rotatable bonds is 2. The van der Waals surface area contributed by atoms with E-state index in [4.69, 9.17) is 4.74 Å². The van der Waals surface area contributed by atoms with E-state index in [2.05, 4.69) is 9.72 Å². The van der Waals surface area contributed by atoms with Crippen molar-refractivity contribution in [1.82, 2.24) is 4.98 Å². The first-order valence-electron chi connectivity index (χ1n) is 4.86. The predicted octanol–water partition coefficient (Wildman–Crippen LogP) is 2.85. The molecular weight excluding hydrogens is 251 g/mol. The van der Waals surface area contributed by atoms with Crippen LogP contribution in [0, 0.1) is 0 Å². The summed E-state index contributed by atoms with van der Waals surface area (Å²) in [4.78, 5) is 13.8. The van der Waals surface area contributed by atoms with Crippen LogP contribution in [0.1, 0.15) is 10.5 Å². The lowest BCUT2D eigenvalue weighted by atomic mass is 10.2. The number of methoxy groups -OCH3 is 1. The summed E-state index contributed by atoms with van der Waals surface area (Å²) in [6, 6.07) is 6.15. The quantitative estimate of drug-likeness (QED) is 0.844. The number of carbonyl (C=O) groups is 1. The van der Waals surface area contributed by atoms with Crippen LogP contribution in [0.15, 0.2) is 24.3 Å². The Balaban J connectivity index is 2.39. The van der Waals surface area contributed by atoms with Gasteiger partial charge in [-0.05, 0) is 18.2 Å². The normalized spacial score (nSPS) is 11.6. The lowest BCUT2D eigenvalue weighted by Crippen LogP contribution is -2.19. The molecule has 1 heterocycles. The fraction of sp³-hybridized carbons (Fsp3) is 0.182. The highest BCUT2D eigenvalue weighted by molar-refractivity contribution is 5.97. The maximum atomic E-state index is 11.9. The number of aromatic nitrogens is 1. The van der Waals surface area contributed by atoms with Gasteiger partial charge in [0.05, 0.1) is 7.11 Å². The van der Waals surface area contributed by atoms with Crippen molar-refractivity contribution >= 4 is 16.9 Å². The molecule has 0 bridgehead atoms. The third-order valence-corrected chi connectivity index (χ3v) is 2.27. The Morgan fingerprint density at radius 3 is 2.67 bits per heavy atom. The fourth-order valence-corrected chi connectivity index (χ4v) is 1.58. The smallest absolute Gasteiger partial charge is 0.496 e. The zero-order chi connectivity index (χ0) is 13.3. The largest absolute Gasteiger partial charge is 0.575 e. The Labute approximate surface area is 99.3 Å². The number of aromatic amines is 1. The van der Waals surface area contributed by atoms with Crippen LogP contribution in [-0.4, -0.2) is 24.4 Å². The van der Waals surface area contributed by atoms with Gasteiger partial charge in [-0.25, -0.2) is 4.79 Å². The first-order chi connectivity index (χ1) is 8.40. The van der Waals surface area contributed by atoms with Gasteiger partial charge in [0, 0.05) is 10.9 Å². The number of hydrogen-bond donors (Lipinski definition) is 1. The van der Waals surface area contributed by atoms with E-state index in [1.54, 1.807) is 18.2 Å². The van der Waals surface area contributed by atoms with Crippen LogP contribution in [0.3, 0.4) is 0 Å². The minimum absolute atomic E-state index is 0.285. The molecule has 1 aromatic carbocycles. The lowest BCUT2D eigenvalue weighted by molar-refractivity contribution is -0.291. The molecule has 0 saturated carbocycles. The average molecular weight is 259 g/mol. The molecule has 0 unspecified atom stereocenters. The first-order valence-corrected chi connectivity index (χ1v) is 4.86. The molecule has 0 atom stereocenters. The van der Waals surface area contributed by atoms with Gasteiger partial charge in [0.25, 0.3) is 0 Å². The summed E-state index contributed by atoms with van der Waals surface area (Å²) >= 11 is 0. The number of halogens is 3. The number of benzene rings is 1. The maximum Gasteiger partial charge on any atom is 0.575 e. The summed E-state index contributed by atoms with van der Waals surface area (Å²) in [5.41, 5.74) is 0.204. The molecule has 1 N–H and O–H groups in total. The SMILES string of the molecule is COc1cccc2[nH]c(C(=O)OC(F)(F)F)cc12. The number of alkyl halides is 3. The summed E-state index contributed by atoms with van der Waals surface area (Å²) < 4.78 is 44.1. The van der Waals surface area contributed by atoms with E-state index in [0.717, 1.165) is 0 Å². The predicted molar refractivity (Wildman–Crippen MR) is 56.3 cm³/mol. The molecule has 96 valence electrons. The molecule has 0 radical (unpaired) electrons. The third-order valence-electron chi connectivity index (χ3n) is 2.27. The van der Waals surface area contributed by atoms with Crippen molar-refractivity contribution < 1.29 is 27.4 Å². The van der Waals surface area contributed by atoms with Crippen molar-refractivity contribution in [1.29, 1.82) is 0 Å². The van der Waals surface area contributed by atoms with E-state index in [1.807, 2.05) is 0 Å². The standard InChI is InChI=1S/C11H8F3NO3/c1-17-9-4-2-3-7-6(9)5-8(15-7)10(16)18-11(12,13)14/h2-5,15H,1H3. The van der Waals surface area contributed by atoms with E-state index in [9.17, 15) is 18.0 Å². The molecule has 1 aromatic heterocycles. The van der Waals surface area contributed by atoms with Crippen LogP contribution in [0.2, 0.25) is 0 Å². The molecule has 0 aliphatic carbocycles. The number of hydrogen-bond acceptors (Lipinski definition) is 3. The molecule has 0 saturated heterocycles. The van der Waals surface area contributed by atoms with Crippen LogP contribution in [0.4, 0.5) is 13.2 Å². The minimum atomic E-state index is -5.00.